The minimum atomic E-state index is 0.183. The van der Waals surface area contributed by atoms with E-state index < -0.39 is 0 Å². The molecule has 88 valence electrons. The lowest BCUT2D eigenvalue weighted by atomic mass is 10.0. The largest absolute Gasteiger partial charge is 0.356 e. The van der Waals surface area contributed by atoms with Crippen LogP contribution in [0.15, 0.2) is 0 Å². The first-order valence-corrected chi connectivity index (χ1v) is 6.22. The fourth-order valence-electron chi connectivity index (χ4n) is 2.35. The van der Waals surface area contributed by atoms with Crippen molar-refractivity contribution in [1.82, 2.24) is 5.32 Å². The zero-order valence-corrected chi connectivity index (χ0v) is 9.96. The van der Waals surface area contributed by atoms with Crippen molar-refractivity contribution in [2.24, 2.45) is 17.6 Å². The van der Waals surface area contributed by atoms with Gasteiger partial charge in [-0.2, -0.15) is 0 Å². The summed E-state index contributed by atoms with van der Waals surface area (Å²) in [5.74, 6) is 0.894. The molecule has 3 N–H and O–H groups in total. The summed E-state index contributed by atoms with van der Waals surface area (Å²) in [7, 11) is 0. The number of amides is 1. The number of rotatable bonds is 5. The molecule has 0 aromatic rings. The van der Waals surface area contributed by atoms with Crippen molar-refractivity contribution in [3.05, 3.63) is 0 Å². The summed E-state index contributed by atoms with van der Waals surface area (Å²) >= 11 is 0. The first kappa shape index (κ1) is 12.5. The van der Waals surface area contributed by atoms with Crippen LogP contribution in [0.5, 0.6) is 0 Å². The van der Waals surface area contributed by atoms with Crippen molar-refractivity contribution >= 4 is 5.91 Å². The lowest BCUT2D eigenvalue weighted by Gasteiger charge is -2.18. The van der Waals surface area contributed by atoms with Crippen LogP contribution in [0.25, 0.3) is 0 Å². The van der Waals surface area contributed by atoms with Gasteiger partial charge in [-0.05, 0) is 31.6 Å². The average Bonchev–Trinajstić information content (AvgIpc) is 2.63. The molecule has 2 unspecified atom stereocenters. The van der Waals surface area contributed by atoms with Gasteiger partial charge in [0, 0.05) is 18.5 Å². The molecule has 15 heavy (non-hydrogen) atoms. The van der Waals surface area contributed by atoms with Crippen molar-refractivity contribution in [3.63, 3.8) is 0 Å². The van der Waals surface area contributed by atoms with E-state index >= 15 is 0 Å². The van der Waals surface area contributed by atoms with Crippen LogP contribution in [0, 0.1) is 11.8 Å². The third kappa shape index (κ3) is 3.49. The zero-order chi connectivity index (χ0) is 11.3. The van der Waals surface area contributed by atoms with Crippen LogP contribution >= 0.6 is 0 Å². The maximum atomic E-state index is 11.7. The van der Waals surface area contributed by atoms with Gasteiger partial charge in [-0.15, -0.1) is 0 Å². The Bertz CT molecular complexity index is 202. The fourth-order valence-corrected chi connectivity index (χ4v) is 2.35. The average molecular weight is 212 g/mol. The van der Waals surface area contributed by atoms with Crippen LogP contribution in [0.4, 0.5) is 0 Å². The van der Waals surface area contributed by atoms with Gasteiger partial charge in [-0.3, -0.25) is 4.79 Å². The zero-order valence-electron chi connectivity index (χ0n) is 9.96. The highest BCUT2D eigenvalue weighted by Crippen LogP contribution is 2.23. The molecule has 1 rings (SSSR count). The van der Waals surface area contributed by atoms with E-state index in [9.17, 15) is 4.79 Å². The molecule has 1 saturated carbocycles. The SMILES string of the molecule is CCC(CC)C(=O)NCC1CCCC1N. The minimum absolute atomic E-state index is 0.183. The standard InChI is InChI=1S/C12H24N2O/c1-3-9(4-2)12(15)14-8-10-6-5-7-11(10)13/h9-11H,3-8,13H2,1-2H3,(H,14,15). The van der Waals surface area contributed by atoms with Gasteiger partial charge in [0.2, 0.25) is 5.91 Å². The fraction of sp³-hybridized carbons (Fsp3) is 0.917. The van der Waals surface area contributed by atoms with Crippen molar-refractivity contribution in [2.75, 3.05) is 6.54 Å². The molecule has 0 saturated heterocycles. The molecular weight excluding hydrogens is 188 g/mol. The van der Waals surface area contributed by atoms with Gasteiger partial charge in [0.15, 0.2) is 0 Å². The summed E-state index contributed by atoms with van der Waals surface area (Å²) < 4.78 is 0. The van der Waals surface area contributed by atoms with Crippen molar-refractivity contribution < 1.29 is 4.79 Å². The highest BCUT2D eigenvalue weighted by atomic mass is 16.1. The minimum Gasteiger partial charge on any atom is -0.356 e. The second kappa shape index (κ2) is 6.11. The van der Waals surface area contributed by atoms with Crippen LogP contribution in [0.3, 0.4) is 0 Å². The summed E-state index contributed by atoms with van der Waals surface area (Å²) in [5.41, 5.74) is 5.96. The number of nitrogens with two attached hydrogens (primary N) is 1. The Labute approximate surface area is 92.8 Å². The van der Waals surface area contributed by atoms with E-state index in [4.69, 9.17) is 5.73 Å². The Morgan fingerprint density at radius 1 is 1.40 bits per heavy atom. The van der Waals surface area contributed by atoms with E-state index in [1.165, 1.54) is 12.8 Å². The van der Waals surface area contributed by atoms with Crippen LogP contribution in [-0.4, -0.2) is 18.5 Å². The van der Waals surface area contributed by atoms with Gasteiger partial charge in [0.25, 0.3) is 0 Å². The maximum absolute atomic E-state index is 11.7. The molecule has 3 nitrogen and oxygen atoms in total. The van der Waals surface area contributed by atoms with Gasteiger partial charge in [-0.25, -0.2) is 0 Å². The molecule has 0 aromatic heterocycles. The first-order valence-electron chi connectivity index (χ1n) is 6.22. The van der Waals surface area contributed by atoms with E-state index in [1.807, 2.05) is 0 Å². The van der Waals surface area contributed by atoms with Gasteiger partial charge >= 0.3 is 0 Å². The van der Waals surface area contributed by atoms with Gasteiger partial charge in [-0.1, -0.05) is 20.3 Å². The Balaban J connectivity index is 2.26. The summed E-state index contributed by atoms with van der Waals surface area (Å²) in [6, 6.07) is 0.298. The number of hydrogen-bond acceptors (Lipinski definition) is 2. The third-order valence-corrected chi connectivity index (χ3v) is 3.61. The molecule has 0 bridgehead atoms. The topological polar surface area (TPSA) is 55.1 Å². The molecule has 1 fully saturated rings. The lowest BCUT2D eigenvalue weighted by Crippen LogP contribution is -2.38. The number of carbonyl (C=O) groups excluding carboxylic acids is 1. The van der Waals surface area contributed by atoms with Gasteiger partial charge in [0.1, 0.15) is 0 Å². The predicted molar refractivity (Wildman–Crippen MR) is 62.4 cm³/mol. The first-order chi connectivity index (χ1) is 7.19. The van der Waals surface area contributed by atoms with Gasteiger partial charge in [0.05, 0.1) is 0 Å². The Morgan fingerprint density at radius 2 is 2.07 bits per heavy atom. The third-order valence-electron chi connectivity index (χ3n) is 3.61. The number of nitrogens with one attached hydrogen (secondary N) is 1. The van der Waals surface area contributed by atoms with E-state index in [-0.39, 0.29) is 11.8 Å². The molecule has 2 atom stereocenters. The van der Waals surface area contributed by atoms with E-state index in [1.54, 1.807) is 0 Å². The molecule has 0 aromatic carbocycles. The van der Waals surface area contributed by atoms with Gasteiger partial charge < -0.3 is 11.1 Å². The number of hydrogen-bond donors (Lipinski definition) is 2. The van der Waals surface area contributed by atoms with Crippen LogP contribution in [0.1, 0.15) is 46.0 Å². The Hall–Kier alpha value is -0.570. The molecule has 1 aliphatic carbocycles. The predicted octanol–water partition coefficient (Wildman–Crippen LogP) is 1.67. The highest BCUT2D eigenvalue weighted by molar-refractivity contribution is 5.78. The molecule has 3 heteroatoms. The van der Waals surface area contributed by atoms with Crippen molar-refractivity contribution in [3.8, 4) is 0 Å². The number of carbonyl (C=O) groups is 1. The quantitative estimate of drug-likeness (QED) is 0.728. The highest BCUT2D eigenvalue weighted by Gasteiger charge is 2.24. The summed E-state index contributed by atoms with van der Waals surface area (Å²) in [6.07, 6.45) is 5.36. The van der Waals surface area contributed by atoms with E-state index in [2.05, 4.69) is 19.2 Å². The monoisotopic (exact) mass is 212 g/mol. The molecule has 0 radical (unpaired) electrons. The molecule has 0 aliphatic heterocycles. The smallest absolute Gasteiger partial charge is 0.223 e. The van der Waals surface area contributed by atoms with Crippen molar-refractivity contribution in [1.29, 1.82) is 0 Å². The molecule has 1 amide bonds. The van der Waals surface area contributed by atoms with E-state index in [0.29, 0.717) is 12.0 Å². The summed E-state index contributed by atoms with van der Waals surface area (Å²) in [5, 5.41) is 3.04. The Morgan fingerprint density at radius 3 is 2.53 bits per heavy atom. The van der Waals surface area contributed by atoms with Crippen LogP contribution in [0.2, 0.25) is 0 Å². The second-order valence-corrected chi connectivity index (χ2v) is 4.61. The van der Waals surface area contributed by atoms with E-state index in [0.717, 1.165) is 25.8 Å². The lowest BCUT2D eigenvalue weighted by molar-refractivity contribution is -0.125. The Kier molecular flexibility index (Phi) is 5.09. The van der Waals surface area contributed by atoms with Crippen molar-refractivity contribution in [2.45, 2.75) is 52.0 Å². The molecule has 0 heterocycles. The maximum Gasteiger partial charge on any atom is 0.223 e. The summed E-state index contributed by atoms with van der Waals surface area (Å²) in [4.78, 5) is 11.7. The molecule has 0 spiro atoms. The second-order valence-electron chi connectivity index (χ2n) is 4.61. The normalized spacial score (nSPS) is 25.9. The van der Waals surface area contributed by atoms with Crippen LogP contribution in [-0.2, 0) is 4.79 Å². The molecular formula is C12H24N2O. The molecule has 1 aliphatic rings. The summed E-state index contributed by atoms with van der Waals surface area (Å²) in [6.45, 7) is 4.90. The van der Waals surface area contributed by atoms with Crippen LogP contribution < -0.4 is 11.1 Å².